The van der Waals surface area contributed by atoms with Gasteiger partial charge in [-0.1, -0.05) is 22.0 Å². The summed E-state index contributed by atoms with van der Waals surface area (Å²) >= 11 is 4.91. The average Bonchev–Trinajstić information content (AvgIpc) is 3.11. The van der Waals surface area contributed by atoms with Crippen molar-refractivity contribution in [2.24, 2.45) is 0 Å². The Kier molecular flexibility index (Phi) is 6.58. The Labute approximate surface area is 159 Å². The Morgan fingerprint density at radius 3 is 2.64 bits per heavy atom. The van der Waals surface area contributed by atoms with E-state index in [2.05, 4.69) is 31.0 Å². The predicted octanol–water partition coefficient (Wildman–Crippen LogP) is 3.08. The quantitative estimate of drug-likeness (QED) is 0.772. The number of thiophene rings is 1. The van der Waals surface area contributed by atoms with Gasteiger partial charge >= 0.3 is 0 Å². The van der Waals surface area contributed by atoms with E-state index in [9.17, 15) is 9.18 Å². The number of carbonyl (C=O) groups excluding carboxylic acids is 1. The van der Waals surface area contributed by atoms with Crippen LogP contribution in [-0.4, -0.2) is 48.4 Å². The highest BCUT2D eigenvalue weighted by Crippen LogP contribution is 2.17. The highest BCUT2D eigenvalue weighted by Gasteiger charge is 2.19. The third kappa shape index (κ3) is 5.60. The molecule has 2 aromatic rings. The molecule has 1 amide bonds. The molecule has 1 aliphatic heterocycles. The monoisotopic (exact) mass is 425 g/mol. The molecule has 0 bridgehead atoms. The van der Waals surface area contributed by atoms with Gasteiger partial charge in [0.15, 0.2) is 0 Å². The molecular weight excluding hydrogens is 405 g/mol. The molecule has 0 unspecified atom stereocenters. The molecule has 0 atom stereocenters. The number of hydrogen-bond donors (Lipinski definition) is 1. The molecule has 2 heterocycles. The topological polar surface area (TPSA) is 35.6 Å². The summed E-state index contributed by atoms with van der Waals surface area (Å²) in [5.74, 6) is -0.122. The van der Waals surface area contributed by atoms with Gasteiger partial charge in [0.1, 0.15) is 5.82 Å². The van der Waals surface area contributed by atoms with Gasteiger partial charge in [0.25, 0.3) is 0 Å². The summed E-state index contributed by atoms with van der Waals surface area (Å²) in [6.07, 6.45) is 0. The van der Waals surface area contributed by atoms with E-state index in [4.69, 9.17) is 0 Å². The van der Waals surface area contributed by atoms with Gasteiger partial charge in [0, 0.05) is 49.3 Å². The summed E-state index contributed by atoms with van der Waals surface area (Å²) in [6, 6.07) is 7.21. The van der Waals surface area contributed by atoms with Crippen LogP contribution in [0, 0.1) is 5.82 Å². The van der Waals surface area contributed by atoms with Gasteiger partial charge in [-0.25, -0.2) is 4.39 Å². The fourth-order valence-electron chi connectivity index (χ4n) is 2.85. The van der Waals surface area contributed by atoms with Crippen molar-refractivity contribution in [3.8, 4) is 0 Å². The SMILES string of the molecule is O=C(CN1CCN(Cc2ccc(Br)cc2F)CC1)NCc1ccsc1. The van der Waals surface area contributed by atoms with Crippen molar-refractivity contribution in [3.63, 3.8) is 0 Å². The van der Waals surface area contributed by atoms with E-state index in [1.807, 2.05) is 29.0 Å². The van der Waals surface area contributed by atoms with Crippen LogP contribution in [0.25, 0.3) is 0 Å². The van der Waals surface area contributed by atoms with Crippen LogP contribution >= 0.6 is 27.3 Å². The molecule has 4 nitrogen and oxygen atoms in total. The number of benzene rings is 1. The summed E-state index contributed by atoms with van der Waals surface area (Å²) in [6.45, 7) is 4.95. The number of amides is 1. The zero-order valence-electron chi connectivity index (χ0n) is 13.9. The molecular formula is C18H21BrFN3OS. The molecule has 1 saturated heterocycles. The van der Waals surface area contributed by atoms with Crippen molar-refractivity contribution < 1.29 is 9.18 Å². The van der Waals surface area contributed by atoms with E-state index in [0.717, 1.165) is 36.2 Å². The average molecular weight is 426 g/mol. The molecule has 0 spiro atoms. The van der Waals surface area contributed by atoms with Crippen LogP contribution < -0.4 is 5.32 Å². The molecule has 7 heteroatoms. The van der Waals surface area contributed by atoms with E-state index in [0.29, 0.717) is 25.2 Å². The normalized spacial score (nSPS) is 16.1. The third-order valence-electron chi connectivity index (χ3n) is 4.31. The maximum Gasteiger partial charge on any atom is 0.234 e. The van der Waals surface area contributed by atoms with E-state index < -0.39 is 0 Å². The molecule has 1 fully saturated rings. The molecule has 3 rings (SSSR count). The van der Waals surface area contributed by atoms with Gasteiger partial charge in [0.2, 0.25) is 5.91 Å². The smallest absolute Gasteiger partial charge is 0.234 e. The molecule has 1 aliphatic rings. The van der Waals surface area contributed by atoms with Crippen molar-refractivity contribution in [2.45, 2.75) is 13.1 Å². The van der Waals surface area contributed by atoms with E-state index >= 15 is 0 Å². The summed E-state index contributed by atoms with van der Waals surface area (Å²) < 4.78 is 14.7. The summed E-state index contributed by atoms with van der Waals surface area (Å²) in [5.41, 5.74) is 1.85. The molecule has 0 radical (unpaired) electrons. The predicted molar refractivity (Wildman–Crippen MR) is 102 cm³/mol. The Balaban J connectivity index is 1.40. The third-order valence-corrected chi connectivity index (χ3v) is 5.54. The number of piperazine rings is 1. The second-order valence-electron chi connectivity index (χ2n) is 6.20. The fraction of sp³-hybridized carbons (Fsp3) is 0.389. The van der Waals surface area contributed by atoms with Crippen molar-refractivity contribution in [1.82, 2.24) is 15.1 Å². The lowest BCUT2D eigenvalue weighted by atomic mass is 10.2. The van der Waals surface area contributed by atoms with Gasteiger partial charge in [-0.15, -0.1) is 0 Å². The van der Waals surface area contributed by atoms with Crippen LogP contribution in [0.1, 0.15) is 11.1 Å². The summed E-state index contributed by atoms with van der Waals surface area (Å²) in [5, 5.41) is 7.01. The number of halogens is 2. The molecule has 0 saturated carbocycles. The highest BCUT2D eigenvalue weighted by molar-refractivity contribution is 9.10. The van der Waals surface area contributed by atoms with Crippen LogP contribution in [0.2, 0.25) is 0 Å². The molecule has 1 N–H and O–H groups in total. The zero-order valence-corrected chi connectivity index (χ0v) is 16.3. The van der Waals surface area contributed by atoms with Crippen LogP contribution in [0.5, 0.6) is 0 Å². The zero-order chi connectivity index (χ0) is 17.6. The Morgan fingerprint density at radius 1 is 1.20 bits per heavy atom. The standard InChI is InChI=1S/C18H21BrFN3OS/c19-16-2-1-15(17(20)9-16)11-22-4-6-23(7-5-22)12-18(24)21-10-14-3-8-25-13-14/h1-3,8-9,13H,4-7,10-12H2,(H,21,24). The van der Waals surface area contributed by atoms with Crippen molar-refractivity contribution in [2.75, 3.05) is 32.7 Å². The minimum Gasteiger partial charge on any atom is -0.351 e. The van der Waals surface area contributed by atoms with Crippen molar-refractivity contribution >= 4 is 33.2 Å². The maximum atomic E-state index is 13.9. The van der Waals surface area contributed by atoms with Gasteiger partial charge < -0.3 is 5.32 Å². The second-order valence-corrected chi connectivity index (χ2v) is 7.89. The van der Waals surface area contributed by atoms with Crippen LogP contribution in [0.3, 0.4) is 0 Å². The van der Waals surface area contributed by atoms with Gasteiger partial charge in [-0.3, -0.25) is 14.6 Å². The number of rotatable bonds is 6. The van der Waals surface area contributed by atoms with E-state index in [-0.39, 0.29) is 11.7 Å². The van der Waals surface area contributed by atoms with E-state index in [1.165, 1.54) is 6.07 Å². The molecule has 134 valence electrons. The number of carbonyl (C=O) groups is 1. The van der Waals surface area contributed by atoms with E-state index in [1.54, 1.807) is 11.3 Å². The summed E-state index contributed by atoms with van der Waals surface area (Å²) in [7, 11) is 0. The minimum absolute atomic E-state index is 0.0543. The molecule has 1 aromatic carbocycles. The highest BCUT2D eigenvalue weighted by atomic mass is 79.9. The molecule has 25 heavy (non-hydrogen) atoms. The van der Waals surface area contributed by atoms with Gasteiger partial charge in [-0.2, -0.15) is 11.3 Å². The molecule has 1 aromatic heterocycles. The van der Waals surface area contributed by atoms with Crippen LogP contribution in [0.4, 0.5) is 4.39 Å². The number of nitrogens with one attached hydrogen (secondary N) is 1. The number of nitrogens with zero attached hydrogens (tertiary/aromatic N) is 2. The number of hydrogen-bond acceptors (Lipinski definition) is 4. The maximum absolute atomic E-state index is 13.9. The first kappa shape index (κ1) is 18.5. The Morgan fingerprint density at radius 2 is 1.96 bits per heavy atom. The fourth-order valence-corrected chi connectivity index (χ4v) is 3.85. The lowest BCUT2D eigenvalue weighted by Gasteiger charge is -2.34. The Hall–Kier alpha value is -1.28. The first-order valence-electron chi connectivity index (χ1n) is 8.26. The first-order valence-corrected chi connectivity index (χ1v) is 10.00. The summed E-state index contributed by atoms with van der Waals surface area (Å²) in [4.78, 5) is 16.4. The largest absolute Gasteiger partial charge is 0.351 e. The lowest BCUT2D eigenvalue weighted by molar-refractivity contribution is -0.122. The minimum atomic E-state index is -0.176. The van der Waals surface area contributed by atoms with Gasteiger partial charge in [-0.05, 0) is 34.5 Å². The van der Waals surface area contributed by atoms with Crippen LogP contribution in [-0.2, 0) is 17.9 Å². The van der Waals surface area contributed by atoms with Crippen molar-refractivity contribution in [1.29, 1.82) is 0 Å². The lowest BCUT2D eigenvalue weighted by Crippen LogP contribution is -2.49. The second kappa shape index (κ2) is 8.89. The Bertz CT molecular complexity index is 702. The molecule has 0 aliphatic carbocycles. The van der Waals surface area contributed by atoms with Crippen molar-refractivity contribution in [3.05, 3.63) is 56.4 Å². The van der Waals surface area contributed by atoms with Crippen LogP contribution in [0.15, 0.2) is 39.5 Å². The first-order chi connectivity index (χ1) is 12.1. The van der Waals surface area contributed by atoms with Gasteiger partial charge in [0.05, 0.1) is 6.54 Å².